The number of rotatable bonds is 6. The maximum Gasteiger partial charge on any atom is 0.408 e. The molecule has 1 atom stereocenters. The molecule has 2 aromatic rings. The maximum atomic E-state index is 13.3. The van der Waals surface area contributed by atoms with Gasteiger partial charge in [-0.2, -0.15) is 0 Å². The molecule has 0 aromatic carbocycles. The number of nitrogens with zero attached hydrogens (tertiary/aromatic N) is 5. The minimum atomic E-state index is -1.08. The van der Waals surface area contributed by atoms with E-state index in [0.29, 0.717) is 31.9 Å². The maximum absolute atomic E-state index is 13.3. The summed E-state index contributed by atoms with van der Waals surface area (Å²) < 4.78 is 5.94. The molecule has 0 bridgehead atoms. The second-order valence-electron chi connectivity index (χ2n) is 9.65. The minimum Gasteiger partial charge on any atom is -0.465 e. The Balaban J connectivity index is 1.60. The van der Waals surface area contributed by atoms with Gasteiger partial charge in [0.2, 0.25) is 5.91 Å². The highest BCUT2D eigenvalue weighted by atomic mass is 16.5. The van der Waals surface area contributed by atoms with Crippen LogP contribution in [0.5, 0.6) is 6.01 Å². The molecular formula is C24H33N5O4. The zero-order chi connectivity index (χ0) is 24.2. The molecule has 0 aliphatic carbocycles. The first-order chi connectivity index (χ1) is 15.6. The number of amides is 2. The van der Waals surface area contributed by atoms with Gasteiger partial charge in [0.1, 0.15) is 12.1 Å². The highest BCUT2D eigenvalue weighted by Gasteiger charge is 2.41. The van der Waals surface area contributed by atoms with E-state index in [1.807, 2.05) is 46.8 Å². The molecular weight excluding hydrogens is 422 g/mol. The van der Waals surface area contributed by atoms with Gasteiger partial charge < -0.3 is 14.7 Å². The number of likely N-dealkylation sites (tertiary alicyclic amines) is 1. The second kappa shape index (κ2) is 10.1. The molecule has 0 unspecified atom stereocenters. The molecule has 3 rings (SSSR count). The third kappa shape index (κ3) is 5.97. The van der Waals surface area contributed by atoms with E-state index in [1.165, 1.54) is 4.90 Å². The Hall–Kier alpha value is -3.23. The fraction of sp³-hybridized carbons (Fsp3) is 0.542. The first-order valence-corrected chi connectivity index (χ1v) is 11.3. The first kappa shape index (κ1) is 24.4. The number of piperidine rings is 1. The van der Waals surface area contributed by atoms with Crippen molar-refractivity contribution >= 4 is 12.0 Å². The molecule has 2 aromatic heterocycles. The average molecular weight is 456 g/mol. The highest BCUT2D eigenvalue weighted by Crippen LogP contribution is 2.26. The lowest BCUT2D eigenvalue weighted by Gasteiger charge is -2.43. The molecule has 9 nitrogen and oxygen atoms in total. The molecule has 3 heterocycles. The van der Waals surface area contributed by atoms with Crippen molar-refractivity contribution in [1.29, 1.82) is 0 Å². The van der Waals surface area contributed by atoms with Crippen LogP contribution in [0.25, 0.3) is 11.1 Å². The SMILES string of the molecule is CC(C)[C@@H](C(=O)N1CCC(Oc2ncc(-c3cccnc3)cn2)CC1)N(C(=O)O)C(C)(C)C. The Bertz CT molecular complexity index is 936. The number of aromatic nitrogens is 3. The van der Waals surface area contributed by atoms with Gasteiger partial charge >= 0.3 is 12.1 Å². The van der Waals surface area contributed by atoms with Crippen molar-refractivity contribution in [2.75, 3.05) is 13.1 Å². The Kier molecular flexibility index (Phi) is 7.50. The lowest BCUT2D eigenvalue weighted by molar-refractivity contribution is -0.142. The van der Waals surface area contributed by atoms with E-state index in [1.54, 1.807) is 29.7 Å². The van der Waals surface area contributed by atoms with Crippen LogP contribution in [-0.2, 0) is 4.79 Å². The number of pyridine rings is 1. The van der Waals surface area contributed by atoms with Gasteiger partial charge in [0.25, 0.3) is 0 Å². The predicted octanol–water partition coefficient (Wildman–Crippen LogP) is 3.71. The van der Waals surface area contributed by atoms with Gasteiger partial charge in [-0.25, -0.2) is 14.8 Å². The topological polar surface area (TPSA) is 109 Å². The molecule has 9 heteroatoms. The largest absolute Gasteiger partial charge is 0.465 e. The monoisotopic (exact) mass is 455 g/mol. The number of carbonyl (C=O) groups excluding carboxylic acids is 1. The van der Waals surface area contributed by atoms with Gasteiger partial charge in [-0.1, -0.05) is 19.9 Å². The van der Waals surface area contributed by atoms with E-state index in [2.05, 4.69) is 15.0 Å². The summed E-state index contributed by atoms with van der Waals surface area (Å²) in [5.41, 5.74) is 1.11. The van der Waals surface area contributed by atoms with Crippen LogP contribution in [0.2, 0.25) is 0 Å². The molecule has 0 spiro atoms. The third-order valence-corrected chi connectivity index (χ3v) is 5.74. The summed E-state index contributed by atoms with van der Waals surface area (Å²) >= 11 is 0. The molecule has 0 saturated carbocycles. The van der Waals surface area contributed by atoms with E-state index in [4.69, 9.17) is 4.74 Å². The third-order valence-electron chi connectivity index (χ3n) is 5.74. The fourth-order valence-corrected chi connectivity index (χ4v) is 4.11. The van der Waals surface area contributed by atoms with Crippen molar-refractivity contribution in [2.45, 2.75) is 65.1 Å². The van der Waals surface area contributed by atoms with E-state index in [-0.39, 0.29) is 17.9 Å². The highest BCUT2D eigenvalue weighted by molar-refractivity contribution is 5.86. The van der Waals surface area contributed by atoms with Crippen LogP contribution in [0.4, 0.5) is 4.79 Å². The Labute approximate surface area is 194 Å². The Morgan fingerprint density at radius 3 is 2.24 bits per heavy atom. The molecule has 1 aliphatic rings. The normalized spacial score (nSPS) is 15.9. The van der Waals surface area contributed by atoms with Crippen molar-refractivity contribution in [3.63, 3.8) is 0 Å². The van der Waals surface area contributed by atoms with E-state index < -0.39 is 17.7 Å². The lowest BCUT2D eigenvalue weighted by Crippen LogP contribution is -2.60. The van der Waals surface area contributed by atoms with Crippen molar-refractivity contribution in [2.24, 2.45) is 5.92 Å². The lowest BCUT2D eigenvalue weighted by atomic mass is 9.94. The van der Waals surface area contributed by atoms with Crippen molar-refractivity contribution in [1.82, 2.24) is 24.8 Å². The standard InChI is InChI=1S/C24H33N5O4/c1-16(2)20(29(23(31)32)24(3,4)5)21(30)28-11-8-19(9-12-28)33-22-26-14-18(15-27-22)17-7-6-10-25-13-17/h6-7,10,13-16,19-20H,8-9,11-12H2,1-5H3,(H,31,32)/t20-/m0/s1. The quantitative estimate of drug-likeness (QED) is 0.707. The van der Waals surface area contributed by atoms with Gasteiger partial charge in [-0.05, 0) is 32.8 Å². The summed E-state index contributed by atoms with van der Waals surface area (Å²) in [5.74, 6) is -0.300. The number of ether oxygens (including phenoxy) is 1. The van der Waals surface area contributed by atoms with Gasteiger partial charge in [-0.15, -0.1) is 0 Å². The molecule has 178 valence electrons. The summed E-state index contributed by atoms with van der Waals surface area (Å²) in [6.07, 6.45) is 6.95. The number of hydrogen-bond donors (Lipinski definition) is 1. The molecule has 1 saturated heterocycles. The summed E-state index contributed by atoms with van der Waals surface area (Å²) in [5, 5.41) is 9.79. The molecule has 0 radical (unpaired) electrons. The van der Waals surface area contributed by atoms with Crippen LogP contribution in [0.15, 0.2) is 36.9 Å². The smallest absolute Gasteiger partial charge is 0.408 e. The molecule has 33 heavy (non-hydrogen) atoms. The van der Waals surface area contributed by atoms with Gasteiger partial charge in [0.15, 0.2) is 0 Å². The van der Waals surface area contributed by atoms with Crippen LogP contribution in [0, 0.1) is 5.92 Å². The zero-order valence-electron chi connectivity index (χ0n) is 19.9. The van der Waals surface area contributed by atoms with Crippen LogP contribution >= 0.6 is 0 Å². The first-order valence-electron chi connectivity index (χ1n) is 11.3. The fourth-order valence-electron chi connectivity index (χ4n) is 4.11. The Morgan fingerprint density at radius 2 is 1.76 bits per heavy atom. The number of hydrogen-bond acceptors (Lipinski definition) is 6. The van der Waals surface area contributed by atoms with Crippen LogP contribution in [0.1, 0.15) is 47.5 Å². The average Bonchev–Trinajstić information content (AvgIpc) is 2.77. The molecule has 1 N–H and O–H groups in total. The minimum absolute atomic E-state index is 0.103. The number of carbonyl (C=O) groups is 2. The van der Waals surface area contributed by atoms with Crippen LogP contribution in [0.3, 0.4) is 0 Å². The van der Waals surface area contributed by atoms with Crippen molar-refractivity contribution in [3.05, 3.63) is 36.9 Å². The summed E-state index contributed by atoms with van der Waals surface area (Å²) in [6.45, 7) is 10.2. The van der Waals surface area contributed by atoms with Crippen molar-refractivity contribution < 1.29 is 19.4 Å². The summed E-state index contributed by atoms with van der Waals surface area (Å²) in [6, 6.07) is 3.37. The zero-order valence-corrected chi connectivity index (χ0v) is 19.9. The Morgan fingerprint density at radius 1 is 1.12 bits per heavy atom. The molecule has 1 aliphatic heterocycles. The van der Waals surface area contributed by atoms with Gasteiger partial charge in [0.05, 0.1) is 0 Å². The van der Waals surface area contributed by atoms with E-state index in [0.717, 1.165) is 11.1 Å². The molecule has 1 fully saturated rings. The summed E-state index contributed by atoms with van der Waals surface area (Å²) in [7, 11) is 0. The van der Waals surface area contributed by atoms with Crippen molar-refractivity contribution in [3.8, 4) is 17.1 Å². The van der Waals surface area contributed by atoms with Gasteiger partial charge in [0, 0.05) is 67.4 Å². The van der Waals surface area contributed by atoms with Crippen LogP contribution < -0.4 is 4.74 Å². The van der Waals surface area contributed by atoms with Crippen LogP contribution in [-0.4, -0.2) is 72.6 Å². The summed E-state index contributed by atoms with van der Waals surface area (Å²) in [4.78, 5) is 41.0. The molecule has 2 amide bonds. The van der Waals surface area contributed by atoms with E-state index in [9.17, 15) is 14.7 Å². The van der Waals surface area contributed by atoms with Gasteiger partial charge in [-0.3, -0.25) is 14.7 Å². The predicted molar refractivity (Wildman–Crippen MR) is 124 cm³/mol. The van der Waals surface area contributed by atoms with E-state index >= 15 is 0 Å². The second-order valence-corrected chi connectivity index (χ2v) is 9.65. The number of carboxylic acid groups (broad SMARTS) is 1.